The Morgan fingerprint density at radius 3 is 2.75 bits per heavy atom. The lowest BCUT2D eigenvalue weighted by molar-refractivity contribution is -0.113. The van der Waals surface area contributed by atoms with E-state index in [1.165, 1.54) is 39.8 Å². The predicted molar refractivity (Wildman–Crippen MR) is 126 cm³/mol. The molecule has 0 unspecified atom stereocenters. The number of aromatic nitrogens is 2. The number of halogens is 1. The quantitative estimate of drug-likeness (QED) is 0.297. The number of thioether (sulfide) groups is 1. The lowest BCUT2D eigenvalue weighted by Gasteiger charge is -2.13. The van der Waals surface area contributed by atoms with E-state index in [1.54, 1.807) is 30.3 Å². The minimum atomic E-state index is -0.341. The Bertz CT molecular complexity index is 1300. The van der Waals surface area contributed by atoms with Gasteiger partial charge in [0, 0.05) is 0 Å². The summed E-state index contributed by atoms with van der Waals surface area (Å²) in [7, 11) is 0. The number of thiophene rings is 1. The summed E-state index contributed by atoms with van der Waals surface area (Å²) in [5.74, 6) is 0.0763. The molecule has 0 spiro atoms. The number of nitrogens with one attached hydrogen (secondary N) is 1. The van der Waals surface area contributed by atoms with Gasteiger partial charge in [-0.15, -0.1) is 11.3 Å². The van der Waals surface area contributed by atoms with E-state index in [0.717, 1.165) is 5.56 Å². The molecule has 0 aliphatic rings. The fraction of sp³-hybridized carbons (Fsp3) is 0.174. The number of amides is 1. The molecule has 2 aromatic carbocycles. The van der Waals surface area contributed by atoms with Gasteiger partial charge in [0.15, 0.2) is 5.16 Å². The van der Waals surface area contributed by atoms with Crippen molar-refractivity contribution < 1.29 is 13.9 Å². The summed E-state index contributed by atoms with van der Waals surface area (Å²) in [6.45, 7) is 2.60. The van der Waals surface area contributed by atoms with Crippen LogP contribution in [0.4, 0.5) is 10.1 Å². The second-order valence-corrected chi connectivity index (χ2v) is 8.67. The van der Waals surface area contributed by atoms with Gasteiger partial charge in [-0.3, -0.25) is 14.2 Å². The second-order valence-electron chi connectivity index (χ2n) is 6.81. The van der Waals surface area contributed by atoms with Crippen LogP contribution in [0.3, 0.4) is 0 Å². The van der Waals surface area contributed by atoms with Crippen molar-refractivity contribution in [2.45, 2.75) is 18.6 Å². The van der Waals surface area contributed by atoms with Crippen molar-refractivity contribution in [3.63, 3.8) is 0 Å². The number of rotatable bonds is 8. The highest BCUT2D eigenvalue weighted by Crippen LogP contribution is 2.25. The maximum absolute atomic E-state index is 13.3. The van der Waals surface area contributed by atoms with Crippen LogP contribution in [0, 0.1) is 5.82 Å². The zero-order valence-corrected chi connectivity index (χ0v) is 18.8. The molecule has 0 radical (unpaired) electrons. The van der Waals surface area contributed by atoms with E-state index in [0.29, 0.717) is 33.4 Å². The Morgan fingerprint density at radius 2 is 1.97 bits per heavy atom. The fourth-order valence-corrected chi connectivity index (χ4v) is 4.69. The summed E-state index contributed by atoms with van der Waals surface area (Å²) < 4.78 is 20.9. The van der Waals surface area contributed by atoms with Gasteiger partial charge in [0.2, 0.25) is 5.91 Å². The fourth-order valence-electron chi connectivity index (χ4n) is 3.11. The molecular formula is C23H20FN3O3S2. The zero-order chi connectivity index (χ0) is 22.5. The molecule has 2 aromatic heterocycles. The van der Waals surface area contributed by atoms with E-state index in [2.05, 4.69) is 10.3 Å². The Kier molecular flexibility index (Phi) is 6.87. The number of nitrogens with zero attached hydrogens (tertiary/aromatic N) is 2. The molecule has 0 aliphatic heterocycles. The van der Waals surface area contributed by atoms with Crippen molar-refractivity contribution in [3.05, 3.63) is 81.7 Å². The van der Waals surface area contributed by atoms with Crippen LogP contribution in [0.25, 0.3) is 10.2 Å². The van der Waals surface area contributed by atoms with Crippen LogP contribution in [-0.4, -0.2) is 27.8 Å². The number of carbonyl (C=O) groups is 1. The smallest absolute Gasteiger partial charge is 0.272 e. The van der Waals surface area contributed by atoms with Crippen LogP contribution >= 0.6 is 23.1 Å². The Morgan fingerprint density at radius 1 is 1.19 bits per heavy atom. The molecule has 0 atom stereocenters. The lowest BCUT2D eigenvalue weighted by Crippen LogP contribution is -2.24. The van der Waals surface area contributed by atoms with Crippen molar-refractivity contribution in [3.8, 4) is 5.75 Å². The summed E-state index contributed by atoms with van der Waals surface area (Å²) >= 11 is 2.50. The normalized spacial score (nSPS) is 10.9. The van der Waals surface area contributed by atoms with Gasteiger partial charge in [-0.2, -0.15) is 0 Å². The number of hydrogen-bond donors (Lipinski definition) is 1. The number of anilines is 1. The van der Waals surface area contributed by atoms with Crippen LogP contribution in [0.15, 0.2) is 69.9 Å². The van der Waals surface area contributed by atoms with Gasteiger partial charge >= 0.3 is 0 Å². The number of para-hydroxylation sites is 2. The molecule has 1 N–H and O–H groups in total. The van der Waals surface area contributed by atoms with E-state index >= 15 is 0 Å². The second kappa shape index (κ2) is 9.97. The van der Waals surface area contributed by atoms with E-state index < -0.39 is 0 Å². The van der Waals surface area contributed by atoms with Gasteiger partial charge in [-0.05, 0) is 48.2 Å². The Labute approximate surface area is 192 Å². The van der Waals surface area contributed by atoms with Crippen LogP contribution in [0.1, 0.15) is 12.5 Å². The van der Waals surface area contributed by atoms with Crippen molar-refractivity contribution >= 4 is 44.9 Å². The first kappa shape index (κ1) is 22.0. The molecule has 0 aliphatic carbocycles. The van der Waals surface area contributed by atoms with E-state index in [-0.39, 0.29) is 29.6 Å². The summed E-state index contributed by atoms with van der Waals surface area (Å²) in [6, 6.07) is 15.0. The van der Waals surface area contributed by atoms with Crippen LogP contribution in [0.2, 0.25) is 0 Å². The standard InChI is InChI=1S/C23H20FN3O3S2/c1-2-30-19-6-4-3-5-17(19)25-20(28)14-32-23-26-18-11-12-31-21(18)22(29)27(23)13-15-7-9-16(24)10-8-15/h3-12H,2,13-14H2,1H3,(H,25,28). The van der Waals surface area contributed by atoms with Crippen molar-refractivity contribution in [2.75, 3.05) is 17.7 Å². The summed E-state index contributed by atoms with van der Waals surface area (Å²) in [6.07, 6.45) is 0. The summed E-state index contributed by atoms with van der Waals surface area (Å²) in [5, 5.41) is 5.09. The highest BCUT2D eigenvalue weighted by atomic mass is 32.2. The number of benzene rings is 2. The molecule has 0 bridgehead atoms. The average molecular weight is 470 g/mol. The Hall–Kier alpha value is -3.17. The lowest BCUT2D eigenvalue weighted by atomic mass is 10.2. The monoisotopic (exact) mass is 469 g/mol. The molecule has 0 saturated heterocycles. The van der Waals surface area contributed by atoms with E-state index in [4.69, 9.17) is 4.74 Å². The SMILES string of the molecule is CCOc1ccccc1NC(=O)CSc1nc2ccsc2c(=O)n1Cc1ccc(F)cc1. The first-order chi connectivity index (χ1) is 15.5. The topological polar surface area (TPSA) is 73.2 Å². The Balaban J connectivity index is 1.56. The molecule has 4 aromatic rings. The molecule has 0 fully saturated rings. The third-order valence-electron chi connectivity index (χ3n) is 4.58. The summed E-state index contributed by atoms with van der Waals surface area (Å²) in [5.41, 5.74) is 1.77. The van der Waals surface area contributed by atoms with Gasteiger partial charge in [-0.25, -0.2) is 9.37 Å². The van der Waals surface area contributed by atoms with Gasteiger partial charge < -0.3 is 10.1 Å². The molecule has 32 heavy (non-hydrogen) atoms. The molecular weight excluding hydrogens is 449 g/mol. The number of fused-ring (bicyclic) bond motifs is 1. The van der Waals surface area contributed by atoms with Crippen LogP contribution < -0.4 is 15.6 Å². The molecule has 164 valence electrons. The predicted octanol–water partition coefficient (Wildman–Crippen LogP) is 4.77. The molecule has 9 heteroatoms. The highest BCUT2D eigenvalue weighted by molar-refractivity contribution is 7.99. The van der Waals surface area contributed by atoms with Gasteiger partial charge in [0.25, 0.3) is 5.56 Å². The highest BCUT2D eigenvalue weighted by Gasteiger charge is 2.15. The number of hydrogen-bond acceptors (Lipinski definition) is 6. The largest absolute Gasteiger partial charge is 0.492 e. The van der Waals surface area contributed by atoms with Gasteiger partial charge in [-0.1, -0.05) is 36.0 Å². The number of ether oxygens (including phenoxy) is 1. The molecule has 4 rings (SSSR count). The third-order valence-corrected chi connectivity index (χ3v) is 6.45. The van der Waals surface area contributed by atoms with Crippen molar-refractivity contribution in [1.82, 2.24) is 9.55 Å². The van der Waals surface area contributed by atoms with Crippen LogP contribution in [0.5, 0.6) is 5.75 Å². The third kappa shape index (κ3) is 5.00. The molecule has 0 saturated carbocycles. The maximum Gasteiger partial charge on any atom is 0.272 e. The molecule has 6 nitrogen and oxygen atoms in total. The van der Waals surface area contributed by atoms with Crippen molar-refractivity contribution in [2.24, 2.45) is 0 Å². The van der Waals surface area contributed by atoms with Crippen LogP contribution in [-0.2, 0) is 11.3 Å². The average Bonchev–Trinajstić information content (AvgIpc) is 3.26. The van der Waals surface area contributed by atoms with E-state index in [9.17, 15) is 14.0 Å². The number of carbonyl (C=O) groups excluding carboxylic acids is 1. The minimum absolute atomic E-state index is 0.0615. The summed E-state index contributed by atoms with van der Waals surface area (Å²) in [4.78, 5) is 30.3. The van der Waals surface area contributed by atoms with E-state index in [1.807, 2.05) is 24.4 Å². The van der Waals surface area contributed by atoms with Gasteiger partial charge in [0.1, 0.15) is 16.3 Å². The molecule has 1 amide bonds. The first-order valence-electron chi connectivity index (χ1n) is 9.92. The first-order valence-corrected chi connectivity index (χ1v) is 11.8. The van der Waals surface area contributed by atoms with Crippen molar-refractivity contribution in [1.29, 1.82) is 0 Å². The van der Waals surface area contributed by atoms with Gasteiger partial charge in [0.05, 0.1) is 30.1 Å². The zero-order valence-electron chi connectivity index (χ0n) is 17.2. The maximum atomic E-state index is 13.3. The molecule has 2 heterocycles. The minimum Gasteiger partial charge on any atom is -0.492 e.